The number of likely N-dealkylation sites (tertiary alicyclic amines) is 1. The van der Waals surface area contributed by atoms with Gasteiger partial charge < -0.3 is 4.74 Å². The highest BCUT2D eigenvalue weighted by atomic mass is 79.9. The molecule has 1 aliphatic rings. The predicted molar refractivity (Wildman–Crippen MR) is 70.6 cm³/mol. The molecule has 1 saturated heterocycles. The van der Waals surface area contributed by atoms with Crippen LogP contribution in [0.4, 0.5) is 13.2 Å². The van der Waals surface area contributed by atoms with Crippen LogP contribution in [0.15, 0.2) is 16.6 Å². The highest BCUT2D eigenvalue weighted by Gasteiger charge is 2.37. The minimum Gasteiger partial charge on any atom is -0.488 e. The third-order valence-electron chi connectivity index (χ3n) is 2.87. The van der Waals surface area contributed by atoms with E-state index in [9.17, 15) is 13.2 Å². The van der Waals surface area contributed by atoms with Crippen molar-refractivity contribution >= 4 is 27.5 Å². The Balaban J connectivity index is 1.87. The maximum atomic E-state index is 13.6. The third kappa shape index (κ3) is 4.00. The Morgan fingerprint density at radius 1 is 1.42 bits per heavy atom. The van der Waals surface area contributed by atoms with E-state index in [1.54, 1.807) is 4.90 Å². The van der Waals surface area contributed by atoms with Gasteiger partial charge in [-0.15, -0.1) is 0 Å². The van der Waals surface area contributed by atoms with Crippen LogP contribution in [-0.2, 0) is 0 Å². The molecule has 0 atom stereocenters. The number of hydrogen-bond donors (Lipinski definition) is 0. The van der Waals surface area contributed by atoms with Gasteiger partial charge in [-0.1, -0.05) is 11.6 Å². The lowest BCUT2D eigenvalue weighted by Crippen LogP contribution is -2.29. The summed E-state index contributed by atoms with van der Waals surface area (Å²) in [5.74, 6) is -3.15. The minimum atomic E-state index is -2.62. The molecule has 0 saturated carbocycles. The van der Waals surface area contributed by atoms with E-state index in [1.165, 1.54) is 6.07 Å². The van der Waals surface area contributed by atoms with Gasteiger partial charge in [-0.2, -0.15) is 0 Å². The van der Waals surface area contributed by atoms with Crippen LogP contribution in [0.25, 0.3) is 0 Å². The van der Waals surface area contributed by atoms with E-state index in [4.69, 9.17) is 16.3 Å². The van der Waals surface area contributed by atoms with Gasteiger partial charge in [0.05, 0.1) is 11.0 Å². The lowest BCUT2D eigenvalue weighted by molar-refractivity contribution is 0.0112. The van der Waals surface area contributed by atoms with Gasteiger partial charge in [0, 0.05) is 24.5 Å². The molecule has 1 aromatic rings. The number of nitrogens with zero attached hydrogens (tertiary/aromatic N) is 1. The van der Waals surface area contributed by atoms with Crippen molar-refractivity contribution in [1.29, 1.82) is 0 Å². The first-order valence-electron chi connectivity index (χ1n) is 5.75. The monoisotopic (exact) mass is 357 g/mol. The molecule has 0 radical (unpaired) electrons. The molecule has 2 nitrogen and oxygen atoms in total. The second-order valence-corrected chi connectivity index (χ2v) is 5.72. The summed E-state index contributed by atoms with van der Waals surface area (Å²) in [6, 6.07) is 2.66. The molecule has 7 heteroatoms. The molecule has 1 fully saturated rings. The van der Waals surface area contributed by atoms with Crippen LogP contribution in [0, 0.1) is 5.82 Å². The summed E-state index contributed by atoms with van der Waals surface area (Å²) in [7, 11) is 0. The second-order valence-electron chi connectivity index (χ2n) is 4.43. The zero-order valence-electron chi connectivity index (χ0n) is 9.94. The van der Waals surface area contributed by atoms with Gasteiger partial charge in [0.1, 0.15) is 6.61 Å². The van der Waals surface area contributed by atoms with Crippen LogP contribution in [0.5, 0.6) is 5.75 Å². The fraction of sp³-hybridized carbons (Fsp3) is 0.500. The largest absolute Gasteiger partial charge is 0.488 e. The van der Waals surface area contributed by atoms with E-state index in [1.807, 2.05) is 0 Å². The molecule has 0 spiro atoms. The summed E-state index contributed by atoms with van der Waals surface area (Å²) in [6.07, 6.45) is -0.133. The van der Waals surface area contributed by atoms with Crippen LogP contribution in [0.2, 0.25) is 5.02 Å². The van der Waals surface area contributed by atoms with Crippen LogP contribution >= 0.6 is 27.5 Å². The maximum absolute atomic E-state index is 13.6. The Bertz CT molecular complexity index is 449. The van der Waals surface area contributed by atoms with Crippen LogP contribution < -0.4 is 4.74 Å². The fourth-order valence-corrected chi connectivity index (χ4v) is 2.83. The summed E-state index contributed by atoms with van der Waals surface area (Å²) in [4.78, 5) is 1.60. The smallest absolute Gasteiger partial charge is 0.261 e. The molecular formula is C12H12BrClF3NO. The van der Waals surface area contributed by atoms with Crippen molar-refractivity contribution in [3.05, 3.63) is 27.4 Å². The molecule has 0 amide bonds. The van der Waals surface area contributed by atoms with Crippen molar-refractivity contribution in [3.8, 4) is 5.75 Å². The quantitative estimate of drug-likeness (QED) is 0.808. The van der Waals surface area contributed by atoms with Crippen molar-refractivity contribution in [3.63, 3.8) is 0 Å². The Labute approximate surface area is 122 Å². The molecule has 0 aliphatic carbocycles. The lowest BCUT2D eigenvalue weighted by atomic mass is 10.3. The molecule has 0 bridgehead atoms. The Morgan fingerprint density at radius 3 is 2.74 bits per heavy atom. The summed E-state index contributed by atoms with van der Waals surface area (Å²) in [5, 5.41) is 0.260. The predicted octanol–water partition coefficient (Wildman–Crippen LogP) is 3.96. The molecule has 0 unspecified atom stereocenters. The van der Waals surface area contributed by atoms with Crippen molar-refractivity contribution in [2.45, 2.75) is 12.3 Å². The number of hydrogen-bond acceptors (Lipinski definition) is 2. The topological polar surface area (TPSA) is 12.5 Å². The molecule has 0 aromatic heterocycles. The highest BCUT2D eigenvalue weighted by molar-refractivity contribution is 9.10. The lowest BCUT2D eigenvalue weighted by Gasteiger charge is -2.16. The standard InChI is InChI=1S/C12H12BrClF3NO/c13-9-5-8(14)6-10(15)11(9)19-4-3-18-2-1-12(16,17)7-18/h5-6H,1-4,7H2. The molecule has 1 aliphatic heterocycles. The highest BCUT2D eigenvalue weighted by Crippen LogP contribution is 2.32. The minimum absolute atomic E-state index is 0.0513. The molecule has 1 aromatic carbocycles. The number of ether oxygens (including phenoxy) is 1. The summed E-state index contributed by atoms with van der Waals surface area (Å²) < 4.78 is 45.2. The van der Waals surface area contributed by atoms with Gasteiger partial charge in [0.25, 0.3) is 5.92 Å². The van der Waals surface area contributed by atoms with Crippen LogP contribution in [0.1, 0.15) is 6.42 Å². The Hall–Kier alpha value is -0.460. The average Bonchev–Trinajstić information content (AvgIpc) is 2.62. The molecule has 19 heavy (non-hydrogen) atoms. The van der Waals surface area contributed by atoms with E-state index in [0.717, 1.165) is 6.07 Å². The normalized spacial score (nSPS) is 18.8. The van der Waals surface area contributed by atoms with Crippen molar-refractivity contribution in [1.82, 2.24) is 4.90 Å². The zero-order chi connectivity index (χ0) is 14.0. The van der Waals surface area contributed by atoms with Gasteiger partial charge in [-0.3, -0.25) is 4.90 Å². The number of rotatable bonds is 4. The van der Waals surface area contributed by atoms with E-state index < -0.39 is 11.7 Å². The maximum Gasteiger partial charge on any atom is 0.261 e. The van der Waals surface area contributed by atoms with Gasteiger partial charge in [0.2, 0.25) is 0 Å². The summed E-state index contributed by atoms with van der Waals surface area (Å²) in [6.45, 7) is 0.554. The SMILES string of the molecule is Fc1cc(Cl)cc(Br)c1OCCN1CCC(F)(F)C1. The van der Waals surface area contributed by atoms with Crippen LogP contribution in [0.3, 0.4) is 0 Å². The van der Waals surface area contributed by atoms with E-state index in [2.05, 4.69) is 15.9 Å². The first-order chi connectivity index (χ1) is 8.87. The summed E-state index contributed by atoms with van der Waals surface area (Å²) in [5.41, 5.74) is 0. The van der Waals surface area contributed by atoms with Gasteiger partial charge >= 0.3 is 0 Å². The van der Waals surface area contributed by atoms with Crippen LogP contribution in [-0.4, -0.2) is 37.1 Å². The summed E-state index contributed by atoms with van der Waals surface area (Å²) >= 11 is 8.82. The third-order valence-corrected chi connectivity index (χ3v) is 3.67. The molecule has 2 rings (SSSR count). The first kappa shape index (κ1) is 14.9. The van der Waals surface area contributed by atoms with Crippen molar-refractivity contribution < 1.29 is 17.9 Å². The van der Waals surface area contributed by atoms with Crippen molar-refractivity contribution in [2.24, 2.45) is 0 Å². The average molecular weight is 359 g/mol. The number of alkyl halides is 2. The molecule has 1 heterocycles. The van der Waals surface area contributed by atoms with E-state index in [-0.39, 0.29) is 30.3 Å². The first-order valence-corrected chi connectivity index (χ1v) is 6.92. The molecular weight excluding hydrogens is 346 g/mol. The molecule has 0 N–H and O–H groups in total. The van der Waals surface area contributed by atoms with Gasteiger partial charge in [0.15, 0.2) is 11.6 Å². The van der Waals surface area contributed by atoms with Crippen molar-refractivity contribution in [2.75, 3.05) is 26.2 Å². The van der Waals surface area contributed by atoms with Gasteiger partial charge in [-0.05, 0) is 28.1 Å². The zero-order valence-corrected chi connectivity index (χ0v) is 12.3. The second kappa shape index (κ2) is 5.89. The Kier molecular flexibility index (Phi) is 4.63. The van der Waals surface area contributed by atoms with Gasteiger partial charge in [-0.25, -0.2) is 13.2 Å². The Morgan fingerprint density at radius 2 is 2.16 bits per heavy atom. The van der Waals surface area contributed by atoms with E-state index in [0.29, 0.717) is 17.6 Å². The fourth-order valence-electron chi connectivity index (χ4n) is 1.94. The number of benzene rings is 1. The number of halogens is 5. The molecule has 106 valence electrons. The van der Waals surface area contributed by atoms with E-state index >= 15 is 0 Å².